The first-order valence-corrected chi connectivity index (χ1v) is 9.75. The van der Waals surface area contributed by atoms with Crippen LogP contribution in [0.1, 0.15) is 53.3 Å². The molecule has 2 rings (SSSR count). The van der Waals surface area contributed by atoms with E-state index in [1.807, 2.05) is 27.7 Å². The number of H-pyrrole nitrogens is 1. The van der Waals surface area contributed by atoms with Gasteiger partial charge in [-0.25, -0.2) is 9.78 Å². The second kappa shape index (κ2) is 8.48. The van der Waals surface area contributed by atoms with Crippen LogP contribution in [0.25, 0.3) is 0 Å². The van der Waals surface area contributed by atoms with Crippen LogP contribution in [0.3, 0.4) is 0 Å². The zero-order valence-corrected chi connectivity index (χ0v) is 16.6. The van der Waals surface area contributed by atoms with Crippen LogP contribution < -0.4 is 5.32 Å². The summed E-state index contributed by atoms with van der Waals surface area (Å²) in [6.07, 6.45) is 0. The maximum atomic E-state index is 12.2. The van der Waals surface area contributed by atoms with E-state index >= 15 is 0 Å². The van der Waals surface area contributed by atoms with Gasteiger partial charge in [0.1, 0.15) is 10.8 Å². The molecule has 136 valence electrons. The lowest BCUT2D eigenvalue weighted by molar-refractivity contribution is -0.113. The van der Waals surface area contributed by atoms with Gasteiger partial charge in [-0.05, 0) is 26.3 Å². The number of nitrogens with one attached hydrogen (secondary N) is 2. The molecule has 0 aliphatic heterocycles. The Morgan fingerprint density at radius 3 is 2.68 bits per heavy atom. The highest BCUT2D eigenvalue weighted by molar-refractivity contribution is 7.99. The third kappa shape index (κ3) is 4.82. The molecule has 2 heterocycles. The van der Waals surface area contributed by atoms with Gasteiger partial charge in [0.05, 0.1) is 17.9 Å². The number of aromatic amines is 1. The first kappa shape index (κ1) is 19.5. The van der Waals surface area contributed by atoms with Gasteiger partial charge in [0.15, 0.2) is 0 Å². The molecule has 0 unspecified atom stereocenters. The topological polar surface area (TPSA) is 97.0 Å². The summed E-state index contributed by atoms with van der Waals surface area (Å²) in [7, 11) is 0. The van der Waals surface area contributed by atoms with Crippen molar-refractivity contribution >= 4 is 40.0 Å². The van der Waals surface area contributed by atoms with Crippen molar-refractivity contribution in [2.24, 2.45) is 0 Å². The summed E-state index contributed by atoms with van der Waals surface area (Å²) in [5.41, 5.74) is 1.27. The molecule has 0 fully saturated rings. The van der Waals surface area contributed by atoms with Gasteiger partial charge in [0.2, 0.25) is 11.1 Å². The Hall–Kier alpha value is -1.87. The highest BCUT2D eigenvalue weighted by Gasteiger charge is 2.22. The minimum absolute atomic E-state index is 0.160. The van der Waals surface area contributed by atoms with E-state index in [0.717, 1.165) is 16.3 Å². The minimum atomic E-state index is -0.414. The molecular weight excluding hydrogens is 360 g/mol. The van der Waals surface area contributed by atoms with E-state index in [9.17, 15) is 9.59 Å². The summed E-state index contributed by atoms with van der Waals surface area (Å²) in [5.74, 6) is 0.570. The van der Waals surface area contributed by atoms with Crippen LogP contribution >= 0.6 is 23.1 Å². The number of thioether (sulfide) groups is 1. The molecule has 2 aromatic heterocycles. The van der Waals surface area contributed by atoms with Crippen LogP contribution in [-0.2, 0) is 9.53 Å². The second-order valence-electron chi connectivity index (χ2n) is 5.70. The normalized spacial score (nSPS) is 11.0. The predicted molar refractivity (Wildman–Crippen MR) is 99.6 cm³/mol. The Morgan fingerprint density at radius 1 is 1.36 bits per heavy atom. The lowest BCUT2D eigenvalue weighted by Gasteiger charge is -2.06. The van der Waals surface area contributed by atoms with Crippen molar-refractivity contribution in [2.75, 3.05) is 17.7 Å². The fourth-order valence-electron chi connectivity index (χ4n) is 2.04. The van der Waals surface area contributed by atoms with Gasteiger partial charge >= 0.3 is 5.97 Å². The van der Waals surface area contributed by atoms with Crippen LogP contribution in [0.5, 0.6) is 0 Å². The maximum Gasteiger partial charge on any atom is 0.341 e. The highest BCUT2D eigenvalue weighted by Crippen LogP contribution is 2.33. The number of esters is 1. The SMILES string of the molecule is CCOC(=O)c1c(NC(=O)CSc2n[nH]c(C(C)C)n2)sc(C)c1C. The van der Waals surface area contributed by atoms with Crippen molar-refractivity contribution in [3.05, 3.63) is 21.8 Å². The average Bonchev–Trinajstić information content (AvgIpc) is 3.11. The zero-order valence-electron chi connectivity index (χ0n) is 14.9. The number of aryl methyl sites for hydroxylation is 1. The smallest absolute Gasteiger partial charge is 0.341 e. The van der Waals surface area contributed by atoms with Crippen LogP contribution in [0, 0.1) is 13.8 Å². The number of rotatable bonds is 7. The van der Waals surface area contributed by atoms with Crippen molar-refractivity contribution in [3.63, 3.8) is 0 Å². The zero-order chi connectivity index (χ0) is 18.6. The lowest BCUT2D eigenvalue weighted by Crippen LogP contribution is -2.16. The van der Waals surface area contributed by atoms with Crippen molar-refractivity contribution in [2.45, 2.75) is 45.7 Å². The summed E-state index contributed by atoms with van der Waals surface area (Å²) in [6.45, 7) is 9.83. The second-order valence-corrected chi connectivity index (χ2v) is 7.87. The van der Waals surface area contributed by atoms with E-state index in [2.05, 4.69) is 20.5 Å². The molecule has 7 nitrogen and oxygen atoms in total. The third-order valence-electron chi connectivity index (χ3n) is 3.48. The number of nitrogens with zero attached hydrogens (tertiary/aromatic N) is 2. The van der Waals surface area contributed by atoms with Crippen LogP contribution in [-0.4, -0.2) is 39.4 Å². The molecule has 0 bridgehead atoms. The summed E-state index contributed by atoms with van der Waals surface area (Å²) < 4.78 is 5.09. The molecule has 0 atom stereocenters. The molecule has 0 saturated carbocycles. The number of hydrogen-bond acceptors (Lipinski definition) is 7. The Kier molecular flexibility index (Phi) is 6.60. The average molecular weight is 383 g/mol. The molecular formula is C16H22N4O3S2. The number of carbonyl (C=O) groups is 2. The molecule has 0 radical (unpaired) electrons. The molecule has 0 aromatic carbocycles. The van der Waals surface area contributed by atoms with E-state index in [1.165, 1.54) is 23.1 Å². The predicted octanol–water partition coefficient (Wildman–Crippen LogP) is 3.51. The largest absolute Gasteiger partial charge is 0.462 e. The van der Waals surface area contributed by atoms with Gasteiger partial charge in [-0.1, -0.05) is 25.6 Å². The van der Waals surface area contributed by atoms with Gasteiger partial charge in [-0.2, -0.15) is 0 Å². The van der Waals surface area contributed by atoms with E-state index in [0.29, 0.717) is 22.3 Å². The molecule has 0 saturated heterocycles. The number of aromatic nitrogens is 3. The van der Waals surface area contributed by atoms with Crippen molar-refractivity contribution in [1.29, 1.82) is 0 Å². The molecule has 1 amide bonds. The van der Waals surface area contributed by atoms with Gasteiger partial charge in [-0.15, -0.1) is 16.4 Å². The van der Waals surface area contributed by atoms with Crippen molar-refractivity contribution in [1.82, 2.24) is 15.2 Å². The molecule has 0 aliphatic rings. The van der Waals surface area contributed by atoms with E-state index < -0.39 is 5.97 Å². The van der Waals surface area contributed by atoms with Gasteiger partial charge in [-0.3, -0.25) is 9.89 Å². The minimum Gasteiger partial charge on any atom is -0.462 e. The Morgan fingerprint density at radius 2 is 2.08 bits per heavy atom. The molecule has 2 aromatic rings. The highest BCUT2D eigenvalue weighted by atomic mass is 32.2. The summed E-state index contributed by atoms with van der Waals surface area (Å²) in [5, 5.41) is 10.8. The fourth-order valence-corrected chi connectivity index (χ4v) is 3.71. The molecule has 0 aliphatic carbocycles. The number of hydrogen-bond donors (Lipinski definition) is 2. The number of carbonyl (C=O) groups excluding carboxylic acids is 2. The maximum absolute atomic E-state index is 12.2. The quantitative estimate of drug-likeness (QED) is 0.562. The summed E-state index contributed by atoms with van der Waals surface area (Å²) >= 11 is 2.62. The van der Waals surface area contributed by atoms with Crippen molar-refractivity contribution in [3.8, 4) is 0 Å². The first-order chi connectivity index (χ1) is 11.8. The standard InChI is InChI=1S/C16H22N4O3S2/c1-6-23-15(22)12-9(4)10(5)25-14(12)17-11(21)7-24-16-18-13(8(2)3)19-20-16/h8H,6-7H2,1-5H3,(H,17,21)(H,18,19,20). The molecule has 25 heavy (non-hydrogen) atoms. The van der Waals surface area contributed by atoms with E-state index in [4.69, 9.17) is 4.74 Å². The molecule has 0 spiro atoms. The van der Waals surface area contributed by atoms with Crippen LogP contribution in [0.4, 0.5) is 5.00 Å². The summed E-state index contributed by atoms with van der Waals surface area (Å²) in [4.78, 5) is 29.7. The monoisotopic (exact) mass is 382 g/mol. The van der Waals surface area contributed by atoms with Crippen LogP contribution in [0.15, 0.2) is 5.16 Å². The Bertz CT molecular complexity index is 768. The number of amides is 1. The fraction of sp³-hybridized carbons (Fsp3) is 0.500. The lowest BCUT2D eigenvalue weighted by atomic mass is 10.1. The third-order valence-corrected chi connectivity index (χ3v) is 5.45. The van der Waals surface area contributed by atoms with E-state index in [1.54, 1.807) is 6.92 Å². The molecule has 9 heteroatoms. The number of thiophene rings is 1. The number of ether oxygens (including phenoxy) is 1. The van der Waals surface area contributed by atoms with Gasteiger partial charge in [0.25, 0.3) is 0 Å². The number of anilines is 1. The summed E-state index contributed by atoms with van der Waals surface area (Å²) in [6, 6.07) is 0. The van der Waals surface area contributed by atoms with E-state index in [-0.39, 0.29) is 17.6 Å². The Balaban J connectivity index is 2.02. The van der Waals surface area contributed by atoms with Crippen molar-refractivity contribution < 1.29 is 14.3 Å². The van der Waals surface area contributed by atoms with Gasteiger partial charge in [0, 0.05) is 10.8 Å². The van der Waals surface area contributed by atoms with Gasteiger partial charge < -0.3 is 10.1 Å². The van der Waals surface area contributed by atoms with Crippen LogP contribution in [0.2, 0.25) is 0 Å². The Labute approximate surface area is 155 Å². The first-order valence-electron chi connectivity index (χ1n) is 7.95. The molecule has 2 N–H and O–H groups in total.